The van der Waals surface area contributed by atoms with Gasteiger partial charge in [0.1, 0.15) is 0 Å². The summed E-state index contributed by atoms with van der Waals surface area (Å²) in [6.45, 7) is 0.776. The van der Waals surface area contributed by atoms with Gasteiger partial charge < -0.3 is 15.0 Å². The molecule has 21 heavy (non-hydrogen) atoms. The number of benzene rings is 1. The maximum Gasteiger partial charge on any atom is 0.222 e. The highest BCUT2D eigenvalue weighted by Crippen LogP contribution is 2.15. The van der Waals surface area contributed by atoms with Crippen molar-refractivity contribution in [3.05, 3.63) is 36.5 Å². The molecule has 114 valence electrons. The molecule has 1 atom stereocenters. The van der Waals surface area contributed by atoms with Crippen LogP contribution >= 0.6 is 11.8 Å². The van der Waals surface area contributed by atoms with Gasteiger partial charge in [-0.05, 0) is 30.2 Å². The van der Waals surface area contributed by atoms with Crippen LogP contribution in [0.1, 0.15) is 12.8 Å². The van der Waals surface area contributed by atoms with E-state index in [4.69, 9.17) is 5.11 Å². The Hall–Kier alpha value is -1.46. The van der Waals surface area contributed by atoms with Crippen LogP contribution in [-0.4, -0.2) is 40.2 Å². The summed E-state index contributed by atoms with van der Waals surface area (Å²) in [5, 5.41) is 13.2. The molecule has 0 saturated heterocycles. The van der Waals surface area contributed by atoms with Gasteiger partial charge in [-0.2, -0.15) is 11.8 Å². The first-order valence-corrected chi connectivity index (χ1v) is 8.57. The summed E-state index contributed by atoms with van der Waals surface area (Å²) in [6.07, 6.45) is 5.08. The molecule has 0 aliphatic heterocycles. The van der Waals surface area contributed by atoms with Crippen molar-refractivity contribution in [2.75, 3.05) is 18.6 Å². The summed E-state index contributed by atoms with van der Waals surface area (Å²) in [7, 11) is 0. The van der Waals surface area contributed by atoms with Gasteiger partial charge in [-0.15, -0.1) is 0 Å². The van der Waals surface area contributed by atoms with Gasteiger partial charge in [-0.1, -0.05) is 18.2 Å². The van der Waals surface area contributed by atoms with E-state index in [1.807, 2.05) is 24.6 Å². The van der Waals surface area contributed by atoms with Gasteiger partial charge in [0, 0.05) is 43.1 Å². The van der Waals surface area contributed by atoms with Crippen LogP contribution < -0.4 is 5.32 Å². The first-order valence-electron chi connectivity index (χ1n) is 7.17. The van der Waals surface area contributed by atoms with E-state index in [0.29, 0.717) is 19.4 Å². The zero-order valence-corrected chi connectivity index (χ0v) is 13.1. The lowest BCUT2D eigenvalue weighted by atomic mass is 10.2. The van der Waals surface area contributed by atoms with Gasteiger partial charge in [0.2, 0.25) is 5.91 Å². The molecule has 0 saturated carbocycles. The third-order valence-corrected chi connectivity index (χ3v) is 4.21. The molecule has 2 aromatic rings. The van der Waals surface area contributed by atoms with Crippen LogP contribution in [0, 0.1) is 0 Å². The highest BCUT2D eigenvalue weighted by molar-refractivity contribution is 7.98. The molecule has 1 heterocycles. The highest BCUT2D eigenvalue weighted by Gasteiger charge is 2.11. The van der Waals surface area contributed by atoms with Gasteiger partial charge in [0.25, 0.3) is 0 Å². The smallest absolute Gasteiger partial charge is 0.222 e. The lowest BCUT2D eigenvalue weighted by molar-refractivity contribution is -0.121. The van der Waals surface area contributed by atoms with E-state index in [9.17, 15) is 4.79 Å². The molecular weight excluding hydrogens is 284 g/mol. The number of nitrogens with one attached hydrogen (secondary N) is 1. The molecule has 4 nitrogen and oxygen atoms in total. The Bertz CT molecular complexity index is 576. The largest absolute Gasteiger partial charge is 0.396 e. The molecular formula is C16H22N2O2S. The van der Waals surface area contributed by atoms with Crippen molar-refractivity contribution >= 4 is 28.6 Å². The number of aliphatic hydroxyl groups excluding tert-OH is 1. The number of rotatable bonds is 8. The third-order valence-electron chi connectivity index (χ3n) is 3.47. The maximum absolute atomic E-state index is 12.0. The molecule has 1 amide bonds. The molecule has 1 aromatic carbocycles. The second-order valence-corrected chi connectivity index (χ2v) is 5.96. The number of amides is 1. The number of carbonyl (C=O) groups is 1. The van der Waals surface area contributed by atoms with Crippen molar-refractivity contribution in [3.63, 3.8) is 0 Å². The Balaban J connectivity index is 1.88. The number of thioether (sulfide) groups is 1. The monoisotopic (exact) mass is 306 g/mol. The van der Waals surface area contributed by atoms with E-state index in [0.717, 1.165) is 11.3 Å². The van der Waals surface area contributed by atoms with E-state index < -0.39 is 0 Å². The topological polar surface area (TPSA) is 54.3 Å². The van der Waals surface area contributed by atoms with Crippen molar-refractivity contribution in [2.45, 2.75) is 25.4 Å². The summed E-state index contributed by atoms with van der Waals surface area (Å²) in [6, 6.07) is 10.3. The number of aryl methyl sites for hydroxylation is 1. The summed E-state index contributed by atoms with van der Waals surface area (Å²) >= 11 is 1.68. The Morgan fingerprint density at radius 3 is 2.95 bits per heavy atom. The number of aromatic nitrogens is 1. The molecule has 0 bridgehead atoms. The lowest BCUT2D eigenvalue weighted by Crippen LogP contribution is -2.37. The normalized spacial score (nSPS) is 12.5. The standard InChI is InChI=1S/C16H22N2O2S/c1-21-12-14(8-11-19)17-16(20)7-10-18-9-6-13-4-2-3-5-15(13)18/h2-6,9,14,19H,7-8,10-12H2,1H3,(H,17,20). The molecule has 2 rings (SSSR count). The average Bonchev–Trinajstić information content (AvgIpc) is 2.89. The van der Waals surface area contributed by atoms with Gasteiger partial charge in [0.15, 0.2) is 0 Å². The quantitative estimate of drug-likeness (QED) is 0.786. The molecule has 2 N–H and O–H groups in total. The predicted molar refractivity (Wildman–Crippen MR) is 88.6 cm³/mol. The molecule has 0 aliphatic carbocycles. The van der Waals surface area contributed by atoms with E-state index in [1.165, 1.54) is 5.39 Å². The van der Waals surface area contributed by atoms with Crippen molar-refractivity contribution in [2.24, 2.45) is 0 Å². The number of hydrogen-bond acceptors (Lipinski definition) is 3. The molecule has 0 aliphatic rings. The van der Waals surface area contributed by atoms with Gasteiger partial charge in [-0.25, -0.2) is 0 Å². The van der Waals surface area contributed by atoms with Crippen LogP contribution in [0.4, 0.5) is 0 Å². The number of aliphatic hydroxyl groups is 1. The van der Waals surface area contributed by atoms with E-state index in [1.54, 1.807) is 11.8 Å². The first-order chi connectivity index (χ1) is 10.2. The summed E-state index contributed by atoms with van der Waals surface area (Å²) < 4.78 is 2.10. The molecule has 0 fully saturated rings. The van der Waals surface area contributed by atoms with Crippen molar-refractivity contribution < 1.29 is 9.90 Å². The van der Waals surface area contributed by atoms with E-state index >= 15 is 0 Å². The fraction of sp³-hybridized carbons (Fsp3) is 0.438. The van der Waals surface area contributed by atoms with Crippen LogP contribution in [-0.2, 0) is 11.3 Å². The number of nitrogens with zero attached hydrogens (tertiary/aromatic N) is 1. The molecule has 0 spiro atoms. The van der Waals surface area contributed by atoms with Crippen molar-refractivity contribution in [1.82, 2.24) is 9.88 Å². The van der Waals surface area contributed by atoms with Crippen LogP contribution in [0.15, 0.2) is 36.5 Å². The van der Waals surface area contributed by atoms with Crippen LogP contribution in [0.5, 0.6) is 0 Å². The fourth-order valence-electron chi connectivity index (χ4n) is 2.41. The summed E-state index contributed by atoms with van der Waals surface area (Å²) in [5.41, 5.74) is 1.15. The van der Waals surface area contributed by atoms with E-state index in [-0.39, 0.29) is 18.6 Å². The van der Waals surface area contributed by atoms with Gasteiger partial charge >= 0.3 is 0 Å². The first kappa shape index (κ1) is 15.9. The minimum atomic E-state index is 0.0419. The Labute approximate surface area is 129 Å². The number of para-hydroxylation sites is 1. The minimum Gasteiger partial charge on any atom is -0.396 e. The van der Waals surface area contributed by atoms with Gasteiger partial charge in [-0.3, -0.25) is 4.79 Å². The third kappa shape index (κ3) is 4.51. The second kappa shape index (κ2) is 8.10. The Morgan fingerprint density at radius 1 is 1.38 bits per heavy atom. The zero-order chi connectivity index (χ0) is 15.1. The Morgan fingerprint density at radius 2 is 2.19 bits per heavy atom. The maximum atomic E-state index is 12.0. The average molecular weight is 306 g/mol. The number of carbonyl (C=O) groups excluding carboxylic acids is 1. The fourth-order valence-corrected chi connectivity index (χ4v) is 3.06. The summed E-state index contributed by atoms with van der Waals surface area (Å²) in [4.78, 5) is 12.0. The van der Waals surface area contributed by atoms with Crippen molar-refractivity contribution in [1.29, 1.82) is 0 Å². The van der Waals surface area contributed by atoms with Crippen LogP contribution in [0.3, 0.4) is 0 Å². The number of fused-ring (bicyclic) bond motifs is 1. The molecule has 5 heteroatoms. The zero-order valence-electron chi connectivity index (χ0n) is 12.3. The SMILES string of the molecule is CSCC(CCO)NC(=O)CCn1ccc2ccccc21. The molecule has 1 unspecified atom stereocenters. The van der Waals surface area contributed by atoms with Crippen LogP contribution in [0.2, 0.25) is 0 Å². The van der Waals surface area contributed by atoms with Crippen LogP contribution in [0.25, 0.3) is 10.9 Å². The van der Waals surface area contributed by atoms with Gasteiger partial charge in [0.05, 0.1) is 0 Å². The highest BCUT2D eigenvalue weighted by atomic mass is 32.2. The van der Waals surface area contributed by atoms with E-state index in [2.05, 4.69) is 28.1 Å². The number of hydrogen-bond donors (Lipinski definition) is 2. The summed E-state index contributed by atoms with van der Waals surface area (Å²) in [5.74, 6) is 0.874. The minimum absolute atomic E-state index is 0.0419. The Kier molecular flexibility index (Phi) is 6.14. The lowest BCUT2D eigenvalue weighted by Gasteiger charge is -2.16. The van der Waals surface area contributed by atoms with Crippen molar-refractivity contribution in [3.8, 4) is 0 Å². The predicted octanol–water partition coefficient (Wildman–Crippen LogP) is 2.26. The second-order valence-electron chi connectivity index (χ2n) is 5.05. The molecule has 1 aromatic heterocycles. The molecule has 0 radical (unpaired) electrons.